The number of rotatable bonds is 5. The van der Waals surface area contributed by atoms with Crippen molar-refractivity contribution in [3.63, 3.8) is 0 Å². The summed E-state index contributed by atoms with van der Waals surface area (Å²) in [6, 6.07) is 13.2. The molecule has 0 unspecified atom stereocenters. The van der Waals surface area contributed by atoms with Crippen molar-refractivity contribution in [2.45, 2.75) is 12.8 Å². The van der Waals surface area contributed by atoms with E-state index in [9.17, 15) is 4.79 Å². The third kappa shape index (κ3) is 4.48. The van der Waals surface area contributed by atoms with Crippen molar-refractivity contribution in [2.75, 3.05) is 6.54 Å². The molecule has 0 aliphatic heterocycles. The minimum absolute atomic E-state index is 0.0338. The summed E-state index contributed by atoms with van der Waals surface area (Å²) in [5.74, 6) is -0.0338. The monoisotopic (exact) mass is 318 g/mol. The number of benzene rings is 1. The molecular weight excluding hydrogens is 304 g/mol. The van der Waals surface area contributed by atoms with E-state index < -0.39 is 0 Å². The van der Waals surface area contributed by atoms with Crippen molar-refractivity contribution in [1.82, 2.24) is 10.3 Å². The van der Waals surface area contributed by atoms with E-state index in [1.54, 1.807) is 18.3 Å². The van der Waals surface area contributed by atoms with Gasteiger partial charge in [0.25, 0.3) is 5.91 Å². The molecule has 0 aliphatic carbocycles. The Hall–Kier alpha value is -1.68. The van der Waals surface area contributed by atoms with Crippen LogP contribution in [0.4, 0.5) is 0 Å². The van der Waals surface area contributed by atoms with E-state index in [0.29, 0.717) is 12.1 Å². The highest BCUT2D eigenvalue weighted by Crippen LogP contribution is 2.10. The molecule has 0 saturated heterocycles. The molecule has 4 heteroatoms. The molecule has 0 aliphatic rings. The van der Waals surface area contributed by atoms with Crippen LogP contribution in [0.1, 0.15) is 22.5 Å². The number of aromatic nitrogens is 1. The van der Waals surface area contributed by atoms with Crippen LogP contribution < -0.4 is 5.32 Å². The van der Waals surface area contributed by atoms with Crippen molar-refractivity contribution in [3.8, 4) is 0 Å². The predicted octanol–water partition coefficient (Wildman–Crippen LogP) is 3.21. The first-order chi connectivity index (χ1) is 9.25. The van der Waals surface area contributed by atoms with Crippen LogP contribution in [-0.2, 0) is 6.42 Å². The molecule has 1 heterocycles. The molecule has 98 valence electrons. The normalized spacial score (nSPS) is 10.2. The number of halogens is 1. The number of aryl methyl sites for hydroxylation is 1. The summed E-state index contributed by atoms with van der Waals surface area (Å²) in [4.78, 5) is 16.1. The van der Waals surface area contributed by atoms with Crippen LogP contribution in [0.5, 0.6) is 0 Å². The molecule has 0 radical (unpaired) electrons. The molecule has 1 amide bonds. The number of carbonyl (C=O) groups is 1. The molecule has 2 aromatic rings. The van der Waals surface area contributed by atoms with Gasteiger partial charge in [0, 0.05) is 28.5 Å². The summed E-state index contributed by atoms with van der Waals surface area (Å²) < 4.78 is 0.971. The van der Waals surface area contributed by atoms with Gasteiger partial charge >= 0.3 is 0 Å². The molecule has 19 heavy (non-hydrogen) atoms. The van der Waals surface area contributed by atoms with Crippen molar-refractivity contribution in [1.29, 1.82) is 0 Å². The molecule has 0 spiro atoms. The minimum Gasteiger partial charge on any atom is -0.352 e. The maximum atomic E-state index is 11.8. The van der Waals surface area contributed by atoms with Gasteiger partial charge in [0.05, 0.1) is 0 Å². The number of amides is 1. The summed E-state index contributed by atoms with van der Waals surface area (Å²) in [5, 5.41) is 2.91. The molecule has 0 atom stereocenters. The van der Waals surface area contributed by atoms with E-state index in [2.05, 4.69) is 26.2 Å². The number of nitrogens with one attached hydrogen (secondary N) is 1. The zero-order valence-corrected chi connectivity index (χ0v) is 12.1. The van der Waals surface area contributed by atoms with Crippen molar-refractivity contribution < 1.29 is 4.79 Å². The summed E-state index contributed by atoms with van der Waals surface area (Å²) in [6.07, 6.45) is 3.55. The quantitative estimate of drug-likeness (QED) is 0.860. The SMILES string of the molecule is O=C(NCCCc1ccccn1)c1ccc(Br)cc1. The molecule has 1 aromatic carbocycles. The second-order valence-electron chi connectivity index (χ2n) is 4.19. The highest BCUT2D eigenvalue weighted by molar-refractivity contribution is 9.10. The summed E-state index contributed by atoms with van der Waals surface area (Å²) in [5.41, 5.74) is 1.74. The summed E-state index contributed by atoms with van der Waals surface area (Å²) in [6.45, 7) is 0.658. The Morgan fingerprint density at radius 2 is 1.95 bits per heavy atom. The molecule has 3 nitrogen and oxygen atoms in total. The molecule has 0 bridgehead atoms. The Morgan fingerprint density at radius 1 is 1.16 bits per heavy atom. The standard InChI is InChI=1S/C15H15BrN2O/c16-13-8-6-12(7-9-13)15(19)18-11-3-5-14-4-1-2-10-17-14/h1-2,4,6-10H,3,5,11H2,(H,18,19). The highest BCUT2D eigenvalue weighted by atomic mass is 79.9. The van der Waals surface area contributed by atoms with Crippen molar-refractivity contribution >= 4 is 21.8 Å². The lowest BCUT2D eigenvalue weighted by Crippen LogP contribution is -2.24. The van der Waals surface area contributed by atoms with Crippen LogP contribution in [0.25, 0.3) is 0 Å². The predicted molar refractivity (Wildman–Crippen MR) is 79.0 cm³/mol. The largest absolute Gasteiger partial charge is 0.352 e. The third-order valence-corrected chi connectivity index (χ3v) is 3.26. The third-order valence-electron chi connectivity index (χ3n) is 2.73. The summed E-state index contributed by atoms with van der Waals surface area (Å²) in [7, 11) is 0. The number of hydrogen-bond acceptors (Lipinski definition) is 2. The van der Waals surface area contributed by atoms with Crippen LogP contribution in [0.2, 0.25) is 0 Å². The maximum Gasteiger partial charge on any atom is 0.251 e. The van der Waals surface area contributed by atoms with E-state index in [1.165, 1.54) is 0 Å². The van der Waals surface area contributed by atoms with Crippen molar-refractivity contribution in [2.24, 2.45) is 0 Å². The molecule has 0 fully saturated rings. The lowest BCUT2D eigenvalue weighted by Gasteiger charge is -2.05. The van der Waals surface area contributed by atoms with Crippen LogP contribution in [0.15, 0.2) is 53.1 Å². The Morgan fingerprint density at radius 3 is 2.63 bits per heavy atom. The molecule has 2 rings (SSSR count). The second-order valence-corrected chi connectivity index (χ2v) is 5.10. The fourth-order valence-corrected chi connectivity index (χ4v) is 1.99. The number of hydrogen-bond donors (Lipinski definition) is 1. The van der Waals surface area contributed by atoms with E-state index >= 15 is 0 Å². The van der Waals surface area contributed by atoms with Gasteiger partial charge in [-0.2, -0.15) is 0 Å². The molecule has 0 saturated carbocycles. The first-order valence-electron chi connectivity index (χ1n) is 6.19. The van der Waals surface area contributed by atoms with Crippen molar-refractivity contribution in [3.05, 3.63) is 64.4 Å². The summed E-state index contributed by atoms with van der Waals surface area (Å²) >= 11 is 3.35. The van der Waals surface area contributed by atoms with Crippen LogP contribution in [0.3, 0.4) is 0 Å². The highest BCUT2D eigenvalue weighted by Gasteiger charge is 2.03. The second kappa shape index (κ2) is 7.04. The van der Waals surface area contributed by atoms with Gasteiger partial charge in [0.2, 0.25) is 0 Å². The fourth-order valence-electron chi connectivity index (χ4n) is 1.72. The Labute approximate surface area is 121 Å². The van der Waals surface area contributed by atoms with Gasteiger partial charge in [-0.15, -0.1) is 0 Å². The zero-order valence-electron chi connectivity index (χ0n) is 10.5. The Balaban J connectivity index is 1.74. The maximum absolute atomic E-state index is 11.8. The topological polar surface area (TPSA) is 42.0 Å². The van der Waals surface area contributed by atoms with Gasteiger partial charge in [-0.3, -0.25) is 9.78 Å². The Bertz CT molecular complexity index is 526. The van der Waals surface area contributed by atoms with Gasteiger partial charge in [0.15, 0.2) is 0 Å². The first kappa shape index (κ1) is 13.7. The van der Waals surface area contributed by atoms with Gasteiger partial charge in [-0.05, 0) is 49.2 Å². The van der Waals surface area contributed by atoms with Gasteiger partial charge < -0.3 is 5.32 Å². The van der Waals surface area contributed by atoms with Gasteiger partial charge in [0.1, 0.15) is 0 Å². The van der Waals surface area contributed by atoms with Gasteiger partial charge in [-0.1, -0.05) is 22.0 Å². The first-order valence-corrected chi connectivity index (χ1v) is 6.99. The van der Waals surface area contributed by atoms with E-state index in [0.717, 1.165) is 23.0 Å². The van der Waals surface area contributed by atoms with E-state index in [-0.39, 0.29) is 5.91 Å². The lowest BCUT2D eigenvalue weighted by atomic mass is 10.2. The van der Waals surface area contributed by atoms with Crippen LogP contribution in [0, 0.1) is 0 Å². The molecular formula is C15H15BrN2O. The number of carbonyl (C=O) groups excluding carboxylic acids is 1. The average Bonchev–Trinajstić information content (AvgIpc) is 2.45. The van der Waals surface area contributed by atoms with E-state index in [4.69, 9.17) is 0 Å². The fraction of sp³-hybridized carbons (Fsp3) is 0.200. The average molecular weight is 319 g/mol. The van der Waals surface area contributed by atoms with Crippen LogP contribution in [-0.4, -0.2) is 17.4 Å². The van der Waals surface area contributed by atoms with Crippen LogP contribution >= 0.6 is 15.9 Å². The molecule has 1 aromatic heterocycles. The smallest absolute Gasteiger partial charge is 0.251 e. The molecule has 1 N–H and O–H groups in total. The minimum atomic E-state index is -0.0338. The van der Waals surface area contributed by atoms with E-state index in [1.807, 2.05) is 30.3 Å². The van der Waals surface area contributed by atoms with Gasteiger partial charge in [-0.25, -0.2) is 0 Å². The number of pyridine rings is 1. The zero-order chi connectivity index (χ0) is 13.5. The Kier molecular flexibility index (Phi) is 5.10. The number of nitrogens with zero attached hydrogens (tertiary/aromatic N) is 1. The lowest BCUT2D eigenvalue weighted by molar-refractivity contribution is 0.0953.